The highest BCUT2D eigenvalue weighted by Gasteiger charge is 2.04. The number of hydrogen-bond acceptors (Lipinski definition) is 3. The molecule has 0 unspecified atom stereocenters. The Balaban J connectivity index is 1.99. The van der Waals surface area contributed by atoms with Crippen LogP contribution in [0.5, 0.6) is 0 Å². The van der Waals surface area contributed by atoms with E-state index in [1.807, 2.05) is 31.5 Å². The maximum Gasteiger partial charge on any atom is 0.123 e. The minimum absolute atomic E-state index is 0.654. The lowest BCUT2D eigenvalue weighted by Crippen LogP contribution is -2.21. The summed E-state index contributed by atoms with van der Waals surface area (Å²) in [4.78, 5) is 8.93. The van der Waals surface area contributed by atoms with Crippen LogP contribution in [0.4, 0.5) is 0 Å². The standard InChI is InChI=1S/C15H22N4/c1-12(2)9-16-10-15-17-7-8-19(15)11-14-6-4-5-13(3)18-14/h4-8,12,16H,9-11H2,1-3H3. The molecule has 2 heterocycles. The van der Waals surface area contributed by atoms with E-state index < -0.39 is 0 Å². The van der Waals surface area contributed by atoms with E-state index in [0.29, 0.717) is 5.92 Å². The van der Waals surface area contributed by atoms with Gasteiger partial charge in [-0.2, -0.15) is 0 Å². The van der Waals surface area contributed by atoms with Crippen molar-refractivity contribution in [3.05, 3.63) is 47.8 Å². The quantitative estimate of drug-likeness (QED) is 0.865. The van der Waals surface area contributed by atoms with E-state index in [4.69, 9.17) is 0 Å². The third-order valence-electron chi connectivity index (χ3n) is 2.92. The van der Waals surface area contributed by atoms with Crippen molar-refractivity contribution in [1.29, 1.82) is 0 Å². The molecule has 4 heteroatoms. The highest BCUT2D eigenvalue weighted by Crippen LogP contribution is 2.05. The molecule has 0 aliphatic heterocycles. The van der Waals surface area contributed by atoms with Gasteiger partial charge in [-0.3, -0.25) is 4.98 Å². The van der Waals surface area contributed by atoms with Crippen molar-refractivity contribution in [1.82, 2.24) is 19.9 Å². The molecule has 0 fully saturated rings. The monoisotopic (exact) mass is 258 g/mol. The van der Waals surface area contributed by atoms with E-state index in [-0.39, 0.29) is 0 Å². The van der Waals surface area contributed by atoms with Crippen molar-refractivity contribution in [3.8, 4) is 0 Å². The van der Waals surface area contributed by atoms with Crippen molar-refractivity contribution in [2.45, 2.75) is 33.9 Å². The fraction of sp³-hybridized carbons (Fsp3) is 0.467. The van der Waals surface area contributed by atoms with Gasteiger partial charge in [0.25, 0.3) is 0 Å². The number of nitrogens with zero attached hydrogens (tertiary/aromatic N) is 3. The van der Waals surface area contributed by atoms with Crippen molar-refractivity contribution < 1.29 is 0 Å². The summed E-state index contributed by atoms with van der Waals surface area (Å²) in [6.07, 6.45) is 3.86. The molecule has 0 atom stereocenters. The molecule has 4 nitrogen and oxygen atoms in total. The maximum absolute atomic E-state index is 4.53. The summed E-state index contributed by atoms with van der Waals surface area (Å²) in [5.41, 5.74) is 2.13. The van der Waals surface area contributed by atoms with Crippen molar-refractivity contribution in [2.75, 3.05) is 6.54 Å². The Morgan fingerprint density at radius 3 is 2.89 bits per heavy atom. The Morgan fingerprint density at radius 2 is 2.16 bits per heavy atom. The Morgan fingerprint density at radius 1 is 1.32 bits per heavy atom. The fourth-order valence-corrected chi connectivity index (χ4v) is 1.99. The molecule has 2 rings (SSSR count). The summed E-state index contributed by atoms with van der Waals surface area (Å²) >= 11 is 0. The zero-order chi connectivity index (χ0) is 13.7. The summed E-state index contributed by atoms with van der Waals surface area (Å²) < 4.78 is 2.15. The third-order valence-corrected chi connectivity index (χ3v) is 2.92. The summed E-state index contributed by atoms with van der Waals surface area (Å²) in [5, 5.41) is 3.42. The smallest absolute Gasteiger partial charge is 0.123 e. The first-order valence-corrected chi connectivity index (χ1v) is 6.78. The summed E-state index contributed by atoms with van der Waals surface area (Å²) in [6, 6.07) is 6.12. The molecule has 0 saturated carbocycles. The van der Waals surface area contributed by atoms with Gasteiger partial charge >= 0.3 is 0 Å². The molecule has 0 saturated heterocycles. The molecule has 0 bridgehead atoms. The number of aromatic nitrogens is 3. The zero-order valence-corrected chi connectivity index (χ0v) is 11.9. The molecule has 19 heavy (non-hydrogen) atoms. The number of aryl methyl sites for hydroxylation is 1. The third kappa shape index (κ3) is 4.17. The van der Waals surface area contributed by atoms with E-state index in [1.54, 1.807) is 0 Å². The highest BCUT2D eigenvalue weighted by atomic mass is 15.1. The van der Waals surface area contributed by atoms with Crippen LogP contribution in [0.15, 0.2) is 30.6 Å². The lowest BCUT2D eigenvalue weighted by Gasteiger charge is -2.10. The molecular weight excluding hydrogens is 236 g/mol. The van der Waals surface area contributed by atoms with Crippen molar-refractivity contribution in [3.63, 3.8) is 0 Å². The summed E-state index contributed by atoms with van der Waals surface area (Å²) in [6.45, 7) is 9.02. The maximum atomic E-state index is 4.53. The normalized spacial score (nSPS) is 11.2. The van der Waals surface area contributed by atoms with Gasteiger partial charge in [0.05, 0.1) is 18.8 Å². The Kier molecular flexibility index (Phi) is 4.68. The van der Waals surface area contributed by atoms with Gasteiger partial charge in [-0.1, -0.05) is 19.9 Å². The van der Waals surface area contributed by atoms with Crippen molar-refractivity contribution >= 4 is 0 Å². The van der Waals surface area contributed by atoms with Crippen LogP contribution < -0.4 is 5.32 Å². The van der Waals surface area contributed by atoms with E-state index in [9.17, 15) is 0 Å². The first-order chi connectivity index (χ1) is 9.15. The van der Waals surface area contributed by atoms with Crippen LogP contribution in [0.2, 0.25) is 0 Å². The Labute approximate surface area is 114 Å². The second-order valence-corrected chi connectivity index (χ2v) is 5.27. The van der Waals surface area contributed by atoms with Crippen LogP contribution in [0.3, 0.4) is 0 Å². The molecule has 102 valence electrons. The first kappa shape index (κ1) is 13.7. The first-order valence-electron chi connectivity index (χ1n) is 6.78. The Hall–Kier alpha value is -1.68. The predicted octanol–water partition coefficient (Wildman–Crippen LogP) is 2.38. The number of nitrogens with one attached hydrogen (secondary N) is 1. The Bertz CT molecular complexity index is 516. The molecule has 0 spiro atoms. The van der Waals surface area contributed by atoms with Crippen molar-refractivity contribution in [2.24, 2.45) is 5.92 Å². The summed E-state index contributed by atoms with van der Waals surface area (Å²) in [5.74, 6) is 1.71. The largest absolute Gasteiger partial charge is 0.328 e. The van der Waals surface area contributed by atoms with Gasteiger partial charge in [-0.05, 0) is 31.5 Å². The van der Waals surface area contributed by atoms with E-state index >= 15 is 0 Å². The molecule has 1 N–H and O–H groups in total. The lowest BCUT2D eigenvalue weighted by atomic mass is 10.2. The van der Waals surface area contributed by atoms with Crippen LogP contribution in [0, 0.1) is 12.8 Å². The van der Waals surface area contributed by atoms with Crippen LogP contribution in [-0.2, 0) is 13.1 Å². The second kappa shape index (κ2) is 6.48. The van der Waals surface area contributed by atoms with Gasteiger partial charge < -0.3 is 9.88 Å². The number of imidazole rings is 1. The average molecular weight is 258 g/mol. The molecule has 0 aliphatic rings. The predicted molar refractivity (Wildman–Crippen MR) is 76.8 cm³/mol. The minimum atomic E-state index is 0.654. The van der Waals surface area contributed by atoms with Gasteiger partial charge in [0.15, 0.2) is 0 Å². The molecule has 0 aliphatic carbocycles. The lowest BCUT2D eigenvalue weighted by molar-refractivity contribution is 0.532. The highest BCUT2D eigenvalue weighted by molar-refractivity contribution is 5.11. The fourth-order valence-electron chi connectivity index (χ4n) is 1.99. The zero-order valence-electron chi connectivity index (χ0n) is 11.9. The molecule has 2 aromatic heterocycles. The van der Waals surface area contributed by atoms with Gasteiger partial charge in [-0.15, -0.1) is 0 Å². The molecule has 0 aromatic carbocycles. The van der Waals surface area contributed by atoms with Crippen LogP contribution in [-0.4, -0.2) is 21.1 Å². The van der Waals surface area contributed by atoms with E-state index in [1.165, 1.54) is 0 Å². The minimum Gasteiger partial charge on any atom is -0.328 e. The van der Waals surface area contributed by atoms with Crippen LogP contribution >= 0.6 is 0 Å². The number of hydrogen-bond donors (Lipinski definition) is 1. The molecule has 0 radical (unpaired) electrons. The van der Waals surface area contributed by atoms with Gasteiger partial charge in [-0.25, -0.2) is 4.98 Å². The van der Waals surface area contributed by atoms with Gasteiger partial charge in [0, 0.05) is 18.1 Å². The number of rotatable bonds is 6. The molecular formula is C15H22N4. The van der Waals surface area contributed by atoms with E-state index in [2.05, 4.69) is 39.8 Å². The van der Waals surface area contributed by atoms with Crippen LogP contribution in [0.1, 0.15) is 31.1 Å². The van der Waals surface area contributed by atoms with Gasteiger partial charge in [0.2, 0.25) is 0 Å². The molecule has 0 amide bonds. The second-order valence-electron chi connectivity index (χ2n) is 5.27. The van der Waals surface area contributed by atoms with Crippen LogP contribution in [0.25, 0.3) is 0 Å². The number of pyridine rings is 1. The topological polar surface area (TPSA) is 42.7 Å². The summed E-state index contributed by atoms with van der Waals surface area (Å²) in [7, 11) is 0. The molecule has 2 aromatic rings. The van der Waals surface area contributed by atoms with E-state index in [0.717, 1.165) is 36.8 Å². The SMILES string of the molecule is Cc1cccc(Cn2ccnc2CNCC(C)C)n1. The average Bonchev–Trinajstić information content (AvgIpc) is 2.76. The van der Waals surface area contributed by atoms with Gasteiger partial charge in [0.1, 0.15) is 5.82 Å².